The molecule has 0 aliphatic carbocycles. The van der Waals surface area contributed by atoms with Crippen LogP contribution in [0.5, 0.6) is 17.2 Å². The number of hydrogen-bond donors (Lipinski definition) is 1. The summed E-state index contributed by atoms with van der Waals surface area (Å²) in [5, 5.41) is 11.5. The van der Waals surface area contributed by atoms with Crippen LogP contribution in [0.4, 0.5) is 0 Å². The summed E-state index contributed by atoms with van der Waals surface area (Å²) < 4.78 is 16.2. The third kappa shape index (κ3) is 4.83. The third-order valence-electron chi connectivity index (χ3n) is 5.70. The van der Waals surface area contributed by atoms with E-state index >= 15 is 0 Å². The molecule has 1 aliphatic heterocycles. The first-order valence-electron chi connectivity index (χ1n) is 10.7. The van der Waals surface area contributed by atoms with Crippen molar-refractivity contribution in [2.24, 2.45) is 0 Å². The van der Waals surface area contributed by atoms with Gasteiger partial charge in [0.15, 0.2) is 11.5 Å². The van der Waals surface area contributed by atoms with Crippen LogP contribution in [0.3, 0.4) is 0 Å². The molecule has 1 aliphatic rings. The Bertz CT molecular complexity index is 1110. The molecule has 182 valence electrons. The second-order valence-electron chi connectivity index (χ2n) is 8.08. The van der Waals surface area contributed by atoms with Gasteiger partial charge in [-0.05, 0) is 51.3 Å². The molecular formula is C25H29ClN2O6. The van der Waals surface area contributed by atoms with E-state index in [9.17, 15) is 14.7 Å². The first kappa shape index (κ1) is 25.4. The molecule has 1 unspecified atom stereocenters. The maximum Gasteiger partial charge on any atom is 0.295 e. The fourth-order valence-electron chi connectivity index (χ4n) is 4.09. The van der Waals surface area contributed by atoms with Gasteiger partial charge in [0, 0.05) is 17.7 Å². The smallest absolute Gasteiger partial charge is 0.295 e. The van der Waals surface area contributed by atoms with E-state index < -0.39 is 17.7 Å². The number of likely N-dealkylation sites (tertiary alicyclic amines) is 1. The Kier molecular flexibility index (Phi) is 8.06. The van der Waals surface area contributed by atoms with E-state index in [2.05, 4.69) is 0 Å². The van der Waals surface area contributed by atoms with Crippen LogP contribution < -0.4 is 14.2 Å². The van der Waals surface area contributed by atoms with Gasteiger partial charge in [0.1, 0.15) is 11.5 Å². The van der Waals surface area contributed by atoms with Crippen LogP contribution in [0, 0.1) is 0 Å². The largest absolute Gasteiger partial charge is 0.507 e. The minimum absolute atomic E-state index is 0.0392. The lowest BCUT2D eigenvalue weighted by Gasteiger charge is -2.27. The van der Waals surface area contributed by atoms with Gasteiger partial charge in [-0.3, -0.25) is 9.59 Å². The van der Waals surface area contributed by atoms with Crippen LogP contribution in [-0.4, -0.2) is 75.1 Å². The minimum atomic E-state index is -0.868. The van der Waals surface area contributed by atoms with Gasteiger partial charge in [-0.1, -0.05) is 23.7 Å². The van der Waals surface area contributed by atoms with Crippen LogP contribution >= 0.6 is 11.6 Å². The van der Waals surface area contributed by atoms with Gasteiger partial charge in [0.25, 0.3) is 11.7 Å². The van der Waals surface area contributed by atoms with Crippen molar-refractivity contribution in [2.75, 3.05) is 48.5 Å². The number of Topliss-reactive ketones (excluding diaryl/α,β-unsaturated/α-hetero) is 1. The van der Waals surface area contributed by atoms with Crippen molar-refractivity contribution < 1.29 is 28.9 Å². The van der Waals surface area contributed by atoms with Crippen molar-refractivity contribution in [2.45, 2.75) is 12.5 Å². The molecule has 0 aromatic heterocycles. The molecule has 2 aromatic carbocycles. The number of aliphatic hydroxyl groups is 1. The summed E-state index contributed by atoms with van der Waals surface area (Å²) in [4.78, 5) is 29.8. The Hall–Kier alpha value is -3.23. The van der Waals surface area contributed by atoms with Crippen molar-refractivity contribution in [3.05, 3.63) is 58.1 Å². The van der Waals surface area contributed by atoms with Gasteiger partial charge >= 0.3 is 0 Å². The molecule has 1 fully saturated rings. The number of hydrogen-bond acceptors (Lipinski definition) is 7. The molecule has 8 nitrogen and oxygen atoms in total. The number of carbonyl (C=O) groups excluding carboxylic acids is 2. The summed E-state index contributed by atoms with van der Waals surface area (Å²) in [6.45, 7) is 1.03. The summed E-state index contributed by atoms with van der Waals surface area (Å²) in [7, 11) is 8.35. The zero-order valence-electron chi connectivity index (χ0n) is 19.9. The average molecular weight is 489 g/mol. The zero-order chi connectivity index (χ0) is 25.0. The third-order valence-corrected chi connectivity index (χ3v) is 5.99. The lowest BCUT2D eigenvalue weighted by Crippen LogP contribution is -2.32. The first-order chi connectivity index (χ1) is 16.2. The highest BCUT2D eigenvalue weighted by molar-refractivity contribution is 6.46. The van der Waals surface area contributed by atoms with Gasteiger partial charge < -0.3 is 29.1 Å². The molecule has 9 heteroatoms. The van der Waals surface area contributed by atoms with Crippen LogP contribution in [0.25, 0.3) is 5.76 Å². The Balaban J connectivity index is 2.21. The number of ketones is 1. The predicted molar refractivity (Wildman–Crippen MR) is 130 cm³/mol. The first-order valence-corrected chi connectivity index (χ1v) is 11.1. The molecule has 2 aromatic rings. The summed E-state index contributed by atoms with van der Waals surface area (Å²) in [5.41, 5.74) is 0.790. The van der Waals surface area contributed by atoms with Crippen LogP contribution in [0.15, 0.2) is 42.0 Å². The minimum Gasteiger partial charge on any atom is -0.507 e. The maximum absolute atomic E-state index is 13.2. The Labute approximate surface area is 204 Å². The highest BCUT2D eigenvalue weighted by atomic mass is 35.5. The average Bonchev–Trinajstić information content (AvgIpc) is 3.07. The topological polar surface area (TPSA) is 88.5 Å². The molecule has 1 heterocycles. The second-order valence-corrected chi connectivity index (χ2v) is 8.49. The van der Waals surface area contributed by atoms with E-state index in [0.29, 0.717) is 41.3 Å². The number of nitrogens with zero attached hydrogens (tertiary/aromatic N) is 2. The van der Waals surface area contributed by atoms with Crippen LogP contribution in [-0.2, 0) is 9.59 Å². The Morgan fingerprint density at radius 1 is 1.06 bits per heavy atom. The van der Waals surface area contributed by atoms with Crippen molar-refractivity contribution in [3.63, 3.8) is 0 Å². The lowest BCUT2D eigenvalue weighted by atomic mass is 9.94. The van der Waals surface area contributed by atoms with E-state index in [0.717, 1.165) is 6.54 Å². The number of amides is 1. The quantitative estimate of drug-likeness (QED) is 0.327. The highest BCUT2D eigenvalue weighted by Gasteiger charge is 2.47. The van der Waals surface area contributed by atoms with E-state index in [1.165, 1.54) is 32.3 Å². The standard InChI is InChI=1S/C25H29ClN2O6/c1-27(2)12-7-13-28-21(16-8-6-9-19(33-4)24(16)34-5)20(23(30)25(28)31)22(29)15-10-11-18(32-3)17(26)14-15/h6,8-11,14,21,29H,7,12-13H2,1-5H3/b22-20-. The number of methoxy groups -OCH3 is 3. The number of rotatable bonds is 9. The molecule has 1 atom stereocenters. The van der Waals surface area contributed by atoms with Gasteiger partial charge in [-0.2, -0.15) is 0 Å². The van der Waals surface area contributed by atoms with Gasteiger partial charge in [-0.25, -0.2) is 0 Å². The number of benzene rings is 2. The van der Waals surface area contributed by atoms with Crippen LogP contribution in [0.2, 0.25) is 5.02 Å². The molecule has 0 saturated carbocycles. The molecule has 34 heavy (non-hydrogen) atoms. The fourth-order valence-corrected chi connectivity index (χ4v) is 4.35. The molecule has 1 saturated heterocycles. The molecule has 3 rings (SSSR count). The molecule has 1 amide bonds. The molecule has 0 radical (unpaired) electrons. The lowest BCUT2D eigenvalue weighted by molar-refractivity contribution is -0.140. The van der Waals surface area contributed by atoms with E-state index in [-0.39, 0.29) is 16.4 Å². The summed E-state index contributed by atoms with van der Waals surface area (Å²) >= 11 is 6.25. The van der Waals surface area contributed by atoms with E-state index in [1.807, 2.05) is 19.0 Å². The Morgan fingerprint density at radius 3 is 2.35 bits per heavy atom. The van der Waals surface area contributed by atoms with Crippen molar-refractivity contribution in [3.8, 4) is 17.2 Å². The number of aliphatic hydroxyl groups excluding tert-OH is 1. The van der Waals surface area contributed by atoms with E-state index in [1.54, 1.807) is 30.3 Å². The summed E-state index contributed by atoms with van der Waals surface area (Å²) in [6, 6.07) is 9.03. The van der Waals surface area contributed by atoms with Crippen molar-refractivity contribution in [1.82, 2.24) is 9.80 Å². The number of ether oxygens (including phenoxy) is 3. The number of halogens is 1. The van der Waals surface area contributed by atoms with Gasteiger partial charge in [0.2, 0.25) is 0 Å². The molecule has 0 bridgehead atoms. The second kappa shape index (κ2) is 10.8. The molecular weight excluding hydrogens is 460 g/mol. The van der Waals surface area contributed by atoms with Crippen molar-refractivity contribution in [1.29, 1.82) is 0 Å². The zero-order valence-corrected chi connectivity index (χ0v) is 20.7. The Morgan fingerprint density at radius 2 is 1.76 bits per heavy atom. The van der Waals surface area contributed by atoms with Gasteiger partial charge in [0.05, 0.1) is 38.0 Å². The number of carbonyl (C=O) groups is 2. The van der Waals surface area contributed by atoms with Crippen LogP contribution in [0.1, 0.15) is 23.6 Å². The monoisotopic (exact) mass is 488 g/mol. The normalized spacial score (nSPS) is 17.4. The molecule has 0 spiro atoms. The summed E-state index contributed by atoms with van der Waals surface area (Å²) in [6.07, 6.45) is 0.636. The predicted octanol–water partition coefficient (Wildman–Crippen LogP) is 3.74. The molecule has 1 N–H and O–H groups in total. The highest BCUT2D eigenvalue weighted by Crippen LogP contribution is 2.45. The number of para-hydroxylation sites is 1. The SMILES string of the molecule is COc1ccc(/C(O)=C2/C(=O)C(=O)N(CCCN(C)C)C2c2cccc(OC)c2OC)cc1Cl. The summed E-state index contributed by atoms with van der Waals surface area (Å²) in [5.74, 6) is -0.528. The van der Waals surface area contributed by atoms with Gasteiger partial charge in [-0.15, -0.1) is 0 Å². The van der Waals surface area contributed by atoms with E-state index in [4.69, 9.17) is 25.8 Å². The van der Waals surface area contributed by atoms with Crippen molar-refractivity contribution >= 4 is 29.1 Å². The maximum atomic E-state index is 13.2. The fraction of sp³-hybridized carbons (Fsp3) is 0.360.